The van der Waals surface area contributed by atoms with E-state index in [0.29, 0.717) is 12.5 Å². The highest BCUT2D eigenvalue weighted by atomic mass is 16.5. The molecule has 0 aromatic carbocycles. The summed E-state index contributed by atoms with van der Waals surface area (Å²) in [6.07, 6.45) is 33.7. The number of esters is 1. The van der Waals surface area contributed by atoms with Gasteiger partial charge in [0.25, 0.3) is 0 Å². The summed E-state index contributed by atoms with van der Waals surface area (Å²) < 4.78 is 5.57. The molecule has 0 aromatic rings. The summed E-state index contributed by atoms with van der Waals surface area (Å²) >= 11 is 0. The van der Waals surface area contributed by atoms with Crippen LogP contribution in [0.3, 0.4) is 0 Å². The molecule has 0 N–H and O–H groups in total. The van der Waals surface area contributed by atoms with Crippen molar-refractivity contribution in [3.05, 3.63) is 0 Å². The van der Waals surface area contributed by atoms with E-state index in [1.807, 2.05) is 0 Å². The predicted octanol–water partition coefficient (Wildman–Crippen LogP) is 11.6. The number of carbonyl (C=O) groups excluding carboxylic acids is 1. The number of hydrogen-bond donors (Lipinski definition) is 0. The SMILES string of the molecule is CCCCCCCCCCCCCCOC(=O)[C@@H](C)C[C@@H](C)CCCCCCCCCCCCC. The minimum atomic E-state index is 0.0267. The topological polar surface area (TPSA) is 26.3 Å². The minimum absolute atomic E-state index is 0.0267. The molecule has 2 heteroatoms. The zero-order valence-corrected chi connectivity index (χ0v) is 24.9. The summed E-state index contributed by atoms with van der Waals surface area (Å²) in [5.74, 6) is 0.705. The number of hydrogen-bond acceptors (Lipinski definition) is 2. The molecule has 2 nitrogen and oxygen atoms in total. The van der Waals surface area contributed by atoms with Crippen LogP contribution in [-0.2, 0) is 9.53 Å². The Morgan fingerprint density at radius 1 is 0.514 bits per heavy atom. The largest absolute Gasteiger partial charge is 0.465 e. The maximum Gasteiger partial charge on any atom is 0.308 e. The van der Waals surface area contributed by atoms with Crippen molar-refractivity contribution in [1.82, 2.24) is 0 Å². The first-order valence-electron chi connectivity index (χ1n) is 16.3. The molecule has 0 heterocycles. The molecule has 0 aliphatic carbocycles. The van der Waals surface area contributed by atoms with E-state index in [1.165, 1.54) is 148 Å². The van der Waals surface area contributed by atoms with E-state index >= 15 is 0 Å². The molecule has 0 bridgehead atoms. The predicted molar refractivity (Wildman–Crippen MR) is 156 cm³/mol. The van der Waals surface area contributed by atoms with E-state index in [9.17, 15) is 4.79 Å². The maximum atomic E-state index is 12.3. The second-order valence-electron chi connectivity index (χ2n) is 11.6. The maximum absolute atomic E-state index is 12.3. The fraction of sp³-hybridized carbons (Fsp3) is 0.970. The first kappa shape index (κ1) is 34.5. The summed E-state index contributed by atoms with van der Waals surface area (Å²) in [5, 5.41) is 0. The highest BCUT2D eigenvalue weighted by Crippen LogP contribution is 2.20. The zero-order chi connectivity index (χ0) is 25.8. The zero-order valence-electron chi connectivity index (χ0n) is 24.9. The van der Waals surface area contributed by atoms with Crippen LogP contribution in [-0.4, -0.2) is 12.6 Å². The van der Waals surface area contributed by atoms with Crippen molar-refractivity contribution in [3.8, 4) is 0 Å². The van der Waals surface area contributed by atoms with Gasteiger partial charge in [0, 0.05) is 0 Å². The molecule has 35 heavy (non-hydrogen) atoms. The molecule has 0 spiro atoms. The Kier molecular flexibility index (Phi) is 27.6. The van der Waals surface area contributed by atoms with Crippen molar-refractivity contribution in [3.63, 3.8) is 0 Å². The molecule has 0 unspecified atom stereocenters. The average molecular weight is 495 g/mol. The molecule has 0 aromatic heterocycles. The minimum Gasteiger partial charge on any atom is -0.465 e. The van der Waals surface area contributed by atoms with Gasteiger partial charge in [-0.3, -0.25) is 4.79 Å². The molecule has 0 rings (SSSR count). The Hall–Kier alpha value is -0.530. The van der Waals surface area contributed by atoms with Crippen molar-refractivity contribution in [1.29, 1.82) is 0 Å². The van der Waals surface area contributed by atoms with Crippen LogP contribution < -0.4 is 0 Å². The lowest BCUT2D eigenvalue weighted by atomic mass is 9.92. The normalized spacial score (nSPS) is 13.1. The fourth-order valence-electron chi connectivity index (χ4n) is 5.23. The van der Waals surface area contributed by atoms with E-state index < -0.39 is 0 Å². The Balaban J connectivity index is 3.43. The van der Waals surface area contributed by atoms with Gasteiger partial charge < -0.3 is 4.74 Å². The van der Waals surface area contributed by atoms with E-state index in [1.54, 1.807) is 0 Å². The Bertz CT molecular complexity index is 419. The number of carbonyl (C=O) groups is 1. The molecule has 0 fully saturated rings. The molecule has 0 amide bonds. The van der Waals surface area contributed by atoms with Crippen molar-refractivity contribution >= 4 is 5.97 Å². The van der Waals surface area contributed by atoms with E-state index in [0.717, 1.165) is 12.8 Å². The standard InChI is InChI=1S/C33H66O2/c1-5-7-9-11-13-15-17-19-21-23-25-27-29-35-33(34)32(4)30-31(3)28-26-24-22-20-18-16-14-12-10-8-6-2/h31-32H,5-30H2,1-4H3/t31-,32-/m0/s1. The first-order valence-corrected chi connectivity index (χ1v) is 16.3. The van der Waals surface area contributed by atoms with Crippen molar-refractivity contribution < 1.29 is 9.53 Å². The number of unbranched alkanes of at least 4 members (excludes halogenated alkanes) is 21. The summed E-state index contributed by atoms with van der Waals surface area (Å²) in [4.78, 5) is 12.3. The van der Waals surface area contributed by atoms with E-state index in [2.05, 4.69) is 27.7 Å². The van der Waals surface area contributed by atoms with Crippen LogP contribution in [0.4, 0.5) is 0 Å². The third-order valence-electron chi connectivity index (χ3n) is 7.70. The van der Waals surface area contributed by atoms with Crippen LogP contribution in [0, 0.1) is 11.8 Å². The third kappa shape index (κ3) is 26.3. The Labute approximate surface area is 222 Å². The fourth-order valence-corrected chi connectivity index (χ4v) is 5.23. The molecule has 0 saturated carbocycles. The lowest BCUT2D eigenvalue weighted by Crippen LogP contribution is -2.18. The molecule has 0 saturated heterocycles. The highest BCUT2D eigenvalue weighted by molar-refractivity contribution is 5.71. The van der Waals surface area contributed by atoms with Crippen LogP contribution in [0.1, 0.15) is 188 Å². The summed E-state index contributed by atoms with van der Waals surface area (Å²) in [6, 6.07) is 0. The molecule has 210 valence electrons. The highest BCUT2D eigenvalue weighted by Gasteiger charge is 2.17. The third-order valence-corrected chi connectivity index (χ3v) is 7.70. The van der Waals surface area contributed by atoms with E-state index in [-0.39, 0.29) is 11.9 Å². The first-order chi connectivity index (χ1) is 17.1. The Morgan fingerprint density at radius 3 is 1.26 bits per heavy atom. The van der Waals surface area contributed by atoms with Gasteiger partial charge in [0.05, 0.1) is 12.5 Å². The van der Waals surface area contributed by atoms with Gasteiger partial charge in [-0.05, 0) is 18.8 Å². The lowest BCUT2D eigenvalue weighted by molar-refractivity contribution is -0.148. The summed E-state index contributed by atoms with van der Waals surface area (Å²) in [6.45, 7) is 9.55. The molecule has 0 aliphatic rings. The van der Waals surface area contributed by atoms with E-state index in [4.69, 9.17) is 4.74 Å². The van der Waals surface area contributed by atoms with Crippen molar-refractivity contribution in [2.75, 3.05) is 6.61 Å². The average Bonchev–Trinajstić information content (AvgIpc) is 2.85. The van der Waals surface area contributed by atoms with Crippen molar-refractivity contribution in [2.45, 2.75) is 188 Å². The van der Waals surface area contributed by atoms with Gasteiger partial charge in [0.2, 0.25) is 0 Å². The smallest absolute Gasteiger partial charge is 0.308 e. The molecule has 0 radical (unpaired) electrons. The van der Waals surface area contributed by atoms with Gasteiger partial charge >= 0.3 is 5.97 Å². The monoisotopic (exact) mass is 495 g/mol. The molecular weight excluding hydrogens is 428 g/mol. The Morgan fingerprint density at radius 2 is 0.857 bits per heavy atom. The van der Waals surface area contributed by atoms with Gasteiger partial charge in [-0.25, -0.2) is 0 Å². The second-order valence-corrected chi connectivity index (χ2v) is 11.6. The lowest BCUT2D eigenvalue weighted by Gasteiger charge is -2.16. The van der Waals surface area contributed by atoms with Crippen LogP contribution in [0.2, 0.25) is 0 Å². The molecular formula is C33H66O2. The van der Waals surface area contributed by atoms with Gasteiger partial charge in [0.1, 0.15) is 0 Å². The molecule has 2 atom stereocenters. The van der Waals surface area contributed by atoms with Crippen LogP contribution in [0.25, 0.3) is 0 Å². The van der Waals surface area contributed by atoms with Gasteiger partial charge in [-0.1, -0.05) is 175 Å². The van der Waals surface area contributed by atoms with Gasteiger partial charge in [0.15, 0.2) is 0 Å². The second kappa shape index (κ2) is 28.0. The summed E-state index contributed by atoms with van der Waals surface area (Å²) in [5.41, 5.74) is 0. The number of rotatable bonds is 28. The summed E-state index contributed by atoms with van der Waals surface area (Å²) in [7, 11) is 0. The number of ether oxygens (including phenoxy) is 1. The molecule has 0 aliphatic heterocycles. The van der Waals surface area contributed by atoms with Gasteiger partial charge in [-0.2, -0.15) is 0 Å². The quantitative estimate of drug-likeness (QED) is 0.0798. The van der Waals surface area contributed by atoms with Crippen molar-refractivity contribution in [2.24, 2.45) is 11.8 Å². The van der Waals surface area contributed by atoms with Crippen LogP contribution in [0.15, 0.2) is 0 Å². The van der Waals surface area contributed by atoms with Crippen LogP contribution in [0.5, 0.6) is 0 Å². The van der Waals surface area contributed by atoms with Gasteiger partial charge in [-0.15, -0.1) is 0 Å². The van der Waals surface area contributed by atoms with Crippen LogP contribution >= 0.6 is 0 Å².